The highest BCUT2D eigenvalue weighted by Crippen LogP contribution is 2.32. The van der Waals surface area contributed by atoms with Gasteiger partial charge in [0, 0.05) is 38.8 Å². The molecule has 0 aliphatic carbocycles. The summed E-state index contributed by atoms with van der Waals surface area (Å²) in [4.78, 5) is 2.43. The largest absolute Gasteiger partial charge is 0.508 e. The standard InChI is InChI=1S/C15H24N2O2/c1-11-9-13(19)10-12(2)15(11)14(3-8-18)17-6-4-16-5-7-17/h9-10,14,16,18-19H,3-8H2,1-2H3/t14-/m0/s1. The Kier molecular flexibility index (Phi) is 4.80. The van der Waals surface area contributed by atoms with Gasteiger partial charge >= 0.3 is 0 Å². The van der Waals surface area contributed by atoms with Gasteiger partial charge in [0.15, 0.2) is 0 Å². The maximum atomic E-state index is 9.67. The first-order valence-electron chi connectivity index (χ1n) is 6.99. The number of hydrogen-bond donors (Lipinski definition) is 3. The molecule has 1 fully saturated rings. The van der Waals surface area contributed by atoms with Gasteiger partial charge in [-0.05, 0) is 49.1 Å². The molecule has 1 aliphatic rings. The number of rotatable bonds is 4. The number of nitrogens with zero attached hydrogens (tertiary/aromatic N) is 1. The molecule has 1 aliphatic heterocycles. The second kappa shape index (κ2) is 6.37. The first-order chi connectivity index (χ1) is 9.13. The number of aryl methyl sites for hydroxylation is 2. The van der Waals surface area contributed by atoms with Crippen LogP contribution in [0.2, 0.25) is 0 Å². The quantitative estimate of drug-likeness (QED) is 0.768. The summed E-state index contributed by atoms with van der Waals surface area (Å²) in [6.45, 7) is 8.27. The third-order valence-corrected chi connectivity index (χ3v) is 3.91. The zero-order chi connectivity index (χ0) is 13.8. The molecule has 106 valence electrons. The average molecular weight is 264 g/mol. The smallest absolute Gasteiger partial charge is 0.116 e. The Bertz CT molecular complexity index is 405. The number of aromatic hydroxyl groups is 1. The van der Waals surface area contributed by atoms with Crippen LogP contribution in [0.5, 0.6) is 5.75 Å². The third kappa shape index (κ3) is 3.26. The van der Waals surface area contributed by atoms with Crippen molar-refractivity contribution in [2.24, 2.45) is 0 Å². The van der Waals surface area contributed by atoms with Crippen molar-refractivity contribution in [2.45, 2.75) is 26.3 Å². The molecule has 4 nitrogen and oxygen atoms in total. The summed E-state index contributed by atoms with van der Waals surface area (Å²) < 4.78 is 0. The fourth-order valence-electron chi connectivity index (χ4n) is 3.10. The van der Waals surface area contributed by atoms with E-state index in [4.69, 9.17) is 0 Å². The summed E-state index contributed by atoms with van der Waals surface area (Å²) >= 11 is 0. The van der Waals surface area contributed by atoms with Gasteiger partial charge in [-0.15, -0.1) is 0 Å². The molecular formula is C15H24N2O2. The summed E-state index contributed by atoms with van der Waals surface area (Å²) in [5.41, 5.74) is 3.47. The Morgan fingerprint density at radius 3 is 2.32 bits per heavy atom. The van der Waals surface area contributed by atoms with Crippen LogP contribution in [0, 0.1) is 13.8 Å². The molecule has 0 amide bonds. The molecule has 1 atom stereocenters. The first-order valence-corrected chi connectivity index (χ1v) is 6.99. The van der Waals surface area contributed by atoms with Crippen molar-refractivity contribution in [2.75, 3.05) is 32.8 Å². The third-order valence-electron chi connectivity index (χ3n) is 3.91. The number of piperazine rings is 1. The second-order valence-electron chi connectivity index (χ2n) is 5.31. The number of phenolic OH excluding ortho intramolecular Hbond substituents is 1. The van der Waals surface area contributed by atoms with Gasteiger partial charge in [0.2, 0.25) is 0 Å². The number of hydrogen-bond acceptors (Lipinski definition) is 4. The van der Waals surface area contributed by atoms with Crippen molar-refractivity contribution in [3.8, 4) is 5.75 Å². The Labute approximate surface area is 115 Å². The van der Waals surface area contributed by atoms with Gasteiger partial charge in [-0.25, -0.2) is 0 Å². The Hall–Kier alpha value is -1.10. The first kappa shape index (κ1) is 14.3. The lowest BCUT2D eigenvalue weighted by atomic mass is 9.92. The molecule has 0 spiro atoms. The van der Waals surface area contributed by atoms with E-state index in [2.05, 4.69) is 10.2 Å². The van der Waals surface area contributed by atoms with Crippen LogP contribution in [-0.2, 0) is 0 Å². The fraction of sp³-hybridized carbons (Fsp3) is 0.600. The van der Waals surface area contributed by atoms with E-state index in [0.717, 1.165) is 43.7 Å². The molecule has 1 aromatic carbocycles. The molecule has 4 heteroatoms. The number of aliphatic hydroxyl groups is 1. The topological polar surface area (TPSA) is 55.7 Å². The lowest BCUT2D eigenvalue weighted by Gasteiger charge is -2.36. The minimum absolute atomic E-state index is 0.189. The fourth-order valence-corrected chi connectivity index (χ4v) is 3.10. The van der Waals surface area contributed by atoms with Gasteiger partial charge in [-0.1, -0.05) is 0 Å². The van der Waals surface area contributed by atoms with Crippen LogP contribution in [0.25, 0.3) is 0 Å². The molecule has 0 radical (unpaired) electrons. The van der Waals surface area contributed by atoms with Gasteiger partial charge in [-0.3, -0.25) is 4.90 Å². The predicted molar refractivity (Wildman–Crippen MR) is 76.5 cm³/mol. The lowest BCUT2D eigenvalue weighted by Crippen LogP contribution is -2.45. The summed E-state index contributed by atoms with van der Waals surface area (Å²) in [7, 11) is 0. The highest BCUT2D eigenvalue weighted by molar-refractivity contribution is 5.42. The molecule has 2 rings (SSSR count). The number of nitrogens with one attached hydrogen (secondary N) is 1. The molecule has 19 heavy (non-hydrogen) atoms. The van der Waals surface area contributed by atoms with Gasteiger partial charge in [0.05, 0.1) is 0 Å². The van der Waals surface area contributed by atoms with Crippen molar-refractivity contribution < 1.29 is 10.2 Å². The van der Waals surface area contributed by atoms with Gasteiger partial charge in [-0.2, -0.15) is 0 Å². The van der Waals surface area contributed by atoms with Crippen molar-refractivity contribution in [3.63, 3.8) is 0 Å². The van der Waals surface area contributed by atoms with E-state index in [1.54, 1.807) is 0 Å². The predicted octanol–water partition coefficient (Wildman–Crippen LogP) is 1.34. The minimum atomic E-state index is 0.189. The SMILES string of the molecule is Cc1cc(O)cc(C)c1[C@H](CCO)N1CCNCC1. The zero-order valence-corrected chi connectivity index (χ0v) is 11.8. The van der Waals surface area contributed by atoms with Crippen LogP contribution in [0.1, 0.15) is 29.2 Å². The Balaban J connectivity index is 2.32. The van der Waals surface area contributed by atoms with Gasteiger partial charge < -0.3 is 15.5 Å². The van der Waals surface area contributed by atoms with E-state index in [1.165, 1.54) is 5.56 Å². The summed E-state index contributed by atoms with van der Waals surface area (Å²) in [6.07, 6.45) is 0.743. The van der Waals surface area contributed by atoms with E-state index in [0.29, 0.717) is 5.75 Å². The van der Waals surface area contributed by atoms with E-state index in [9.17, 15) is 10.2 Å². The highest BCUT2D eigenvalue weighted by atomic mass is 16.3. The van der Waals surface area contributed by atoms with Crippen molar-refractivity contribution in [1.82, 2.24) is 10.2 Å². The number of phenols is 1. The van der Waals surface area contributed by atoms with Crippen LogP contribution in [0.3, 0.4) is 0 Å². The Morgan fingerprint density at radius 2 is 1.79 bits per heavy atom. The lowest BCUT2D eigenvalue weighted by molar-refractivity contribution is 0.140. The van der Waals surface area contributed by atoms with Crippen LogP contribution in [0.15, 0.2) is 12.1 Å². The molecule has 3 N–H and O–H groups in total. The normalized spacial score (nSPS) is 18.5. The van der Waals surface area contributed by atoms with Crippen molar-refractivity contribution >= 4 is 0 Å². The minimum Gasteiger partial charge on any atom is -0.508 e. The maximum absolute atomic E-state index is 9.67. The molecule has 1 aromatic rings. The molecular weight excluding hydrogens is 240 g/mol. The summed E-state index contributed by atoms with van der Waals surface area (Å²) in [6, 6.07) is 3.87. The van der Waals surface area contributed by atoms with Crippen LogP contribution in [-0.4, -0.2) is 47.9 Å². The Morgan fingerprint density at radius 1 is 1.21 bits per heavy atom. The maximum Gasteiger partial charge on any atom is 0.116 e. The van der Waals surface area contributed by atoms with Gasteiger partial charge in [0.25, 0.3) is 0 Å². The molecule has 1 saturated heterocycles. The van der Waals surface area contributed by atoms with Crippen LogP contribution in [0.4, 0.5) is 0 Å². The zero-order valence-electron chi connectivity index (χ0n) is 11.8. The van der Waals surface area contributed by atoms with Crippen molar-refractivity contribution in [1.29, 1.82) is 0 Å². The van der Waals surface area contributed by atoms with E-state index in [-0.39, 0.29) is 12.6 Å². The van der Waals surface area contributed by atoms with Gasteiger partial charge in [0.1, 0.15) is 5.75 Å². The molecule has 0 saturated carbocycles. The molecule has 0 aromatic heterocycles. The van der Waals surface area contributed by atoms with E-state index >= 15 is 0 Å². The molecule has 0 bridgehead atoms. The van der Waals surface area contributed by atoms with E-state index < -0.39 is 0 Å². The van der Waals surface area contributed by atoms with Crippen molar-refractivity contribution in [3.05, 3.63) is 28.8 Å². The average Bonchev–Trinajstić information content (AvgIpc) is 2.37. The monoisotopic (exact) mass is 264 g/mol. The molecule has 0 unspecified atom stereocenters. The number of aliphatic hydroxyl groups excluding tert-OH is 1. The second-order valence-corrected chi connectivity index (χ2v) is 5.31. The van der Waals surface area contributed by atoms with Crippen LogP contribution >= 0.6 is 0 Å². The highest BCUT2D eigenvalue weighted by Gasteiger charge is 2.24. The summed E-state index contributed by atoms with van der Waals surface area (Å²) in [5, 5.41) is 22.4. The summed E-state index contributed by atoms with van der Waals surface area (Å²) in [5.74, 6) is 0.321. The van der Waals surface area contributed by atoms with Crippen LogP contribution < -0.4 is 5.32 Å². The molecule has 1 heterocycles. The number of benzene rings is 1. The van der Waals surface area contributed by atoms with E-state index in [1.807, 2.05) is 26.0 Å².